The number of para-hydroxylation sites is 1. The van der Waals surface area contributed by atoms with Crippen LogP contribution in [0.1, 0.15) is 47.3 Å². The SMILES string of the molecule is Cc1[nH]c(C(=O)O[C@@H](C)C(=O)N(C)c2ccccc2)c(C)c1[C@@H](C)O. The minimum atomic E-state index is -0.935. The van der Waals surface area contributed by atoms with Crippen molar-refractivity contribution in [3.05, 3.63) is 52.8 Å². The second kappa shape index (κ2) is 7.53. The molecule has 0 bridgehead atoms. The molecule has 1 amide bonds. The molecule has 134 valence electrons. The Morgan fingerprint density at radius 1 is 1.16 bits per heavy atom. The van der Waals surface area contributed by atoms with Gasteiger partial charge in [0.2, 0.25) is 0 Å². The lowest BCUT2D eigenvalue weighted by molar-refractivity contribution is -0.126. The average Bonchev–Trinajstić information content (AvgIpc) is 2.88. The van der Waals surface area contributed by atoms with E-state index in [1.54, 1.807) is 46.9 Å². The minimum absolute atomic E-state index is 0.260. The second-order valence-corrected chi connectivity index (χ2v) is 6.12. The molecule has 0 spiro atoms. The molecule has 6 nitrogen and oxygen atoms in total. The van der Waals surface area contributed by atoms with Crippen molar-refractivity contribution in [2.24, 2.45) is 0 Å². The Balaban J connectivity index is 2.12. The highest BCUT2D eigenvalue weighted by Crippen LogP contribution is 2.25. The van der Waals surface area contributed by atoms with Crippen molar-refractivity contribution in [1.82, 2.24) is 4.98 Å². The Kier molecular flexibility index (Phi) is 5.64. The molecule has 2 N–H and O–H groups in total. The zero-order valence-corrected chi connectivity index (χ0v) is 15.2. The largest absolute Gasteiger partial charge is 0.448 e. The number of likely N-dealkylation sites (N-methyl/N-ethyl adjacent to an activating group) is 1. The predicted octanol–water partition coefficient (Wildman–Crippen LogP) is 2.89. The summed E-state index contributed by atoms with van der Waals surface area (Å²) in [6.07, 6.45) is -1.63. The molecule has 2 aromatic rings. The Hall–Kier alpha value is -2.60. The molecule has 1 aromatic carbocycles. The summed E-state index contributed by atoms with van der Waals surface area (Å²) >= 11 is 0. The molecule has 1 aromatic heterocycles. The number of hydrogen-bond donors (Lipinski definition) is 2. The van der Waals surface area contributed by atoms with Gasteiger partial charge in [-0.25, -0.2) is 4.79 Å². The van der Waals surface area contributed by atoms with Crippen LogP contribution in [0.2, 0.25) is 0 Å². The molecule has 0 aliphatic carbocycles. The fraction of sp³-hybridized carbons (Fsp3) is 0.368. The lowest BCUT2D eigenvalue weighted by Gasteiger charge is -2.21. The smallest absolute Gasteiger partial charge is 0.355 e. The summed E-state index contributed by atoms with van der Waals surface area (Å²) in [5.74, 6) is -0.939. The van der Waals surface area contributed by atoms with Gasteiger partial charge < -0.3 is 19.7 Å². The van der Waals surface area contributed by atoms with Crippen LogP contribution in [-0.4, -0.2) is 35.1 Å². The molecule has 1 heterocycles. The van der Waals surface area contributed by atoms with E-state index < -0.39 is 18.2 Å². The number of nitrogens with one attached hydrogen (secondary N) is 1. The molecule has 0 saturated heterocycles. The van der Waals surface area contributed by atoms with E-state index in [1.807, 2.05) is 18.2 Å². The number of aryl methyl sites for hydroxylation is 1. The Morgan fingerprint density at radius 2 is 1.76 bits per heavy atom. The zero-order valence-electron chi connectivity index (χ0n) is 15.2. The number of nitrogens with zero attached hydrogens (tertiary/aromatic N) is 1. The summed E-state index contributed by atoms with van der Waals surface area (Å²) in [6.45, 7) is 6.70. The van der Waals surface area contributed by atoms with Gasteiger partial charge in [0.15, 0.2) is 6.10 Å². The van der Waals surface area contributed by atoms with E-state index in [1.165, 1.54) is 4.90 Å². The molecule has 25 heavy (non-hydrogen) atoms. The van der Waals surface area contributed by atoms with E-state index in [-0.39, 0.29) is 11.6 Å². The van der Waals surface area contributed by atoms with Crippen LogP contribution in [0.15, 0.2) is 30.3 Å². The van der Waals surface area contributed by atoms with Crippen molar-refractivity contribution < 1.29 is 19.4 Å². The number of amides is 1. The lowest BCUT2D eigenvalue weighted by Crippen LogP contribution is -2.37. The van der Waals surface area contributed by atoms with E-state index in [0.717, 1.165) is 5.69 Å². The fourth-order valence-electron chi connectivity index (χ4n) is 2.92. The van der Waals surface area contributed by atoms with Gasteiger partial charge in [-0.3, -0.25) is 4.79 Å². The molecule has 0 unspecified atom stereocenters. The monoisotopic (exact) mass is 344 g/mol. The molecule has 6 heteroatoms. The maximum absolute atomic E-state index is 12.5. The van der Waals surface area contributed by atoms with Crippen LogP contribution in [0.3, 0.4) is 0 Å². The topological polar surface area (TPSA) is 82.6 Å². The quantitative estimate of drug-likeness (QED) is 0.817. The molecular formula is C19H24N2O4. The number of carbonyl (C=O) groups is 2. The summed E-state index contributed by atoms with van der Waals surface area (Å²) in [5, 5.41) is 9.82. The number of benzene rings is 1. The van der Waals surface area contributed by atoms with Crippen LogP contribution >= 0.6 is 0 Å². The van der Waals surface area contributed by atoms with Crippen LogP contribution in [-0.2, 0) is 9.53 Å². The third kappa shape index (κ3) is 3.91. The summed E-state index contributed by atoms with van der Waals surface area (Å²) in [5.41, 5.74) is 3.00. The molecule has 0 aliphatic rings. The molecule has 0 saturated carbocycles. The van der Waals surface area contributed by atoms with E-state index >= 15 is 0 Å². The maximum atomic E-state index is 12.5. The van der Waals surface area contributed by atoms with Gasteiger partial charge in [-0.05, 0) is 45.4 Å². The van der Waals surface area contributed by atoms with Crippen LogP contribution < -0.4 is 4.90 Å². The van der Waals surface area contributed by atoms with Gasteiger partial charge in [-0.2, -0.15) is 0 Å². The number of carbonyl (C=O) groups excluding carboxylic acids is 2. The number of hydrogen-bond acceptors (Lipinski definition) is 4. The maximum Gasteiger partial charge on any atom is 0.355 e. The third-order valence-electron chi connectivity index (χ3n) is 4.22. The highest BCUT2D eigenvalue weighted by molar-refractivity contribution is 5.98. The van der Waals surface area contributed by atoms with Gasteiger partial charge in [-0.15, -0.1) is 0 Å². The van der Waals surface area contributed by atoms with Crippen LogP contribution in [0.5, 0.6) is 0 Å². The van der Waals surface area contributed by atoms with Crippen molar-refractivity contribution >= 4 is 17.6 Å². The van der Waals surface area contributed by atoms with Gasteiger partial charge in [0, 0.05) is 24.0 Å². The van der Waals surface area contributed by atoms with E-state index in [9.17, 15) is 14.7 Å². The van der Waals surface area contributed by atoms with Crippen molar-refractivity contribution in [2.45, 2.75) is 39.9 Å². The van der Waals surface area contributed by atoms with Gasteiger partial charge >= 0.3 is 5.97 Å². The Labute approximate surface area is 147 Å². The molecule has 2 atom stereocenters. The highest BCUT2D eigenvalue weighted by Gasteiger charge is 2.26. The first kappa shape index (κ1) is 18.7. The summed E-state index contributed by atoms with van der Waals surface area (Å²) in [6, 6.07) is 9.14. The predicted molar refractivity (Wildman–Crippen MR) is 95.6 cm³/mol. The molecule has 0 aliphatic heterocycles. The first-order valence-electron chi connectivity index (χ1n) is 8.14. The van der Waals surface area contributed by atoms with Gasteiger partial charge in [0.25, 0.3) is 5.91 Å². The third-order valence-corrected chi connectivity index (χ3v) is 4.22. The number of H-pyrrole nitrogens is 1. The van der Waals surface area contributed by atoms with Crippen LogP contribution in [0, 0.1) is 13.8 Å². The van der Waals surface area contributed by atoms with E-state index in [2.05, 4.69) is 4.98 Å². The molecule has 0 radical (unpaired) electrons. The number of aromatic nitrogens is 1. The van der Waals surface area contributed by atoms with Crippen molar-refractivity contribution in [2.75, 3.05) is 11.9 Å². The normalized spacial score (nSPS) is 13.2. The van der Waals surface area contributed by atoms with Crippen LogP contribution in [0.25, 0.3) is 0 Å². The number of aliphatic hydroxyl groups excluding tert-OH is 1. The lowest BCUT2D eigenvalue weighted by atomic mass is 10.1. The number of ether oxygens (including phenoxy) is 1. The second-order valence-electron chi connectivity index (χ2n) is 6.12. The van der Waals surface area contributed by atoms with E-state index in [4.69, 9.17) is 4.74 Å². The van der Waals surface area contributed by atoms with Crippen molar-refractivity contribution in [3.63, 3.8) is 0 Å². The Morgan fingerprint density at radius 3 is 2.28 bits per heavy atom. The van der Waals surface area contributed by atoms with Gasteiger partial charge in [-0.1, -0.05) is 18.2 Å². The average molecular weight is 344 g/mol. The van der Waals surface area contributed by atoms with Crippen molar-refractivity contribution in [1.29, 1.82) is 0 Å². The number of anilines is 1. The molecule has 2 rings (SSSR count). The standard InChI is InChI=1S/C19H24N2O4/c1-11-16(13(3)22)12(2)20-17(11)19(24)25-14(4)18(23)21(5)15-9-7-6-8-10-15/h6-10,13-14,20,22H,1-5H3/t13-,14+/m1/s1. The summed E-state index contributed by atoms with van der Waals surface area (Å²) in [4.78, 5) is 29.3. The molecule has 0 fully saturated rings. The van der Waals surface area contributed by atoms with Crippen LogP contribution in [0.4, 0.5) is 5.69 Å². The van der Waals surface area contributed by atoms with Crippen molar-refractivity contribution in [3.8, 4) is 0 Å². The number of rotatable bonds is 5. The first-order valence-corrected chi connectivity index (χ1v) is 8.14. The summed E-state index contributed by atoms with van der Waals surface area (Å²) < 4.78 is 5.33. The number of aromatic amines is 1. The first-order chi connectivity index (χ1) is 11.7. The molecular weight excluding hydrogens is 320 g/mol. The zero-order chi connectivity index (χ0) is 18.7. The summed E-state index contributed by atoms with van der Waals surface area (Å²) in [7, 11) is 1.64. The Bertz CT molecular complexity index is 765. The van der Waals surface area contributed by atoms with Gasteiger partial charge in [0.1, 0.15) is 5.69 Å². The van der Waals surface area contributed by atoms with Gasteiger partial charge in [0.05, 0.1) is 6.10 Å². The fourth-order valence-corrected chi connectivity index (χ4v) is 2.92. The highest BCUT2D eigenvalue weighted by atomic mass is 16.5. The van der Waals surface area contributed by atoms with E-state index in [0.29, 0.717) is 16.8 Å². The number of esters is 1. The minimum Gasteiger partial charge on any atom is -0.448 e. The number of aliphatic hydroxyl groups is 1.